The lowest BCUT2D eigenvalue weighted by Crippen LogP contribution is -2.06. The summed E-state index contributed by atoms with van der Waals surface area (Å²) in [6.45, 7) is 2.73. The summed E-state index contributed by atoms with van der Waals surface area (Å²) >= 11 is 1.70. The maximum Gasteiger partial charge on any atom is 0.225 e. The largest absolute Gasteiger partial charge is 0.364 e. The van der Waals surface area contributed by atoms with Crippen molar-refractivity contribution < 1.29 is 0 Å². The first-order chi connectivity index (χ1) is 10.3. The van der Waals surface area contributed by atoms with Crippen LogP contribution in [0.25, 0.3) is 10.2 Å². The maximum absolute atomic E-state index is 4.51. The molecule has 0 amide bonds. The third kappa shape index (κ3) is 2.92. The molecule has 0 unspecified atom stereocenters. The Hall–Kier alpha value is -2.28. The molecule has 3 rings (SSSR count). The summed E-state index contributed by atoms with van der Waals surface area (Å²) < 4.78 is 0. The highest BCUT2D eigenvalue weighted by atomic mass is 32.1. The van der Waals surface area contributed by atoms with Crippen molar-refractivity contribution in [2.45, 2.75) is 19.9 Å². The van der Waals surface area contributed by atoms with E-state index < -0.39 is 0 Å². The minimum Gasteiger partial charge on any atom is -0.364 e. The number of rotatable bonds is 5. The van der Waals surface area contributed by atoms with Crippen LogP contribution in [-0.4, -0.2) is 27.2 Å². The van der Waals surface area contributed by atoms with E-state index in [0.29, 0.717) is 12.5 Å². The number of anilines is 2. The first kappa shape index (κ1) is 13.7. The summed E-state index contributed by atoms with van der Waals surface area (Å²) in [5.41, 5.74) is 0.876. The van der Waals surface area contributed by atoms with Crippen LogP contribution < -0.4 is 10.6 Å². The Morgan fingerprint density at radius 2 is 2.19 bits per heavy atom. The Balaban J connectivity index is 1.94. The van der Waals surface area contributed by atoms with Gasteiger partial charge in [0.15, 0.2) is 0 Å². The van der Waals surface area contributed by atoms with Crippen LogP contribution >= 0.6 is 11.3 Å². The van der Waals surface area contributed by atoms with Crippen molar-refractivity contribution in [2.75, 3.05) is 17.7 Å². The number of fused-ring (bicyclic) bond motifs is 1. The fourth-order valence-electron chi connectivity index (χ4n) is 1.99. The lowest BCUT2D eigenvalue weighted by atomic mass is 10.3. The van der Waals surface area contributed by atoms with Crippen molar-refractivity contribution in [3.8, 4) is 0 Å². The highest BCUT2D eigenvalue weighted by Crippen LogP contribution is 2.30. The average Bonchev–Trinajstić information content (AvgIpc) is 2.96. The zero-order valence-electron chi connectivity index (χ0n) is 11.9. The molecular formula is C14H16N6S. The number of aryl methyl sites for hydroxylation is 1. The van der Waals surface area contributed by atoms with Gasteiger partial charge in [-0.1, -0.05) is 6.92 Å². The van der Waals surface area contributed by atoms with E-state index in [4.69, 9.17) is 0 Å². The zero-order chi connectivity index (χ0) is 14.7. The van der Waals surface area contributed by atoms with Gasteiger partial charge in [-0.15, -0.1) is 11.3 Å². The molecule has 0 spiro atoms. The first-order valence-corrected chi connectivity index (χ1v) is 7.60. The lowest BCUT2D eigenvalue weighted by molar-refractivity contribution is 0.921. The molecule has 0 saturated heterocycles. The van der Waals surface area contributed by atoms with Crippen molar-refractivity contribution >= 4 is 33.3 Å². The Morgan fingerprint density at radius 3 is 2.90 bits per heavy atom. The van der Waals surface area contributed by atoms with Crippen molar-refractivity contribution in [1.82, 2.24) is 20.2 Å². The molecule has 3 aromatic rings. The summed E-state index contributed by atoms with van der Waals surface area (Å²) in [7, 11) is 1.82. The van der Waals surface area contributed by atoms with Gasteiger partial charge in [0.2, 0.25) is 5.95 Å². The first-order valence-electron chi connectivity index (χ1n) is 6.78. The van der Waals surface area contributed by atoms with E-state index in [1.165, 1.54) is 4.88 Å². The molecule has 2 N–H and O–H groups in total. The molecule has 0 aliphatic rings. The molecule has 3 aromatic heterocycles. The van der Waals surface area contributed by atoms with E-state index in [-0.39, 0.29) is 0 Å². The molecule has 0 aromatic carbocycles. The molecule has 0 atom stereocenters. The molecule has 0 aliphatic heterocycles. The minimum atomic E-state index is 0.584. The van der Waals surface area contributed by atoms with E-state index in [2.05, 4.69) is 43.8 Å². The molecule has 108 valence electrons. The molecule has 3 heterocycles. The molecule has 7 heteroatoms. The Kier molecular flexibility index (Phi) is 3.92. The Bertz CT molecular complexity index is 740. The SMILES string of the molecule is CCc1cc2c(NCc3cccnn3)nc(NC)nc2s1. The van der Waals surface area contributed by atoms with Gasteiger partial charge in [0, 0.05) is 18.1 Å². The van der Waals surface area contributed by atoms with Gasteiger partial charge in [0.1, 0.15) is 10.6 Å². The van der Waals surface area contributed by atoms with Crippen molar-refractivity contribution in [1.29, 1.82) is 0 Å². The van der Waals surface area contributed by atoms with Crippen molar-refractivity contribution in [3.63, 3.8) is 0 Å². The molecule has 0 radical (unpaired) electrons. The summed E-state index contributed by atoms with van der Waals surface area (Å²) in [6.07, 6.45) is 2.66. The third-order valence-corrected chi connectivity index (χ3v) is 4.25. The van der Waals surface area contributed by atoms with E-state index >= 15 is 0 Å². The van der Waals surface area contributed by atoms with E-state index in [9.17, 15) is 0 Å². The summed E-state index contributed by atoms with van der Waals surface area (Å²) in [5.74, 6) is 1.44. The predicted molar refractivity (Wildman–Crippen MR) is 85.7 cm³/mol. The van der Waals surface area contributed by atoms with Crippen LogP contribution in [0.2, 0.25) is 0 Å². The van der Waals surface area contributed by atoms with E-state index in [1.807, 2.05) is 19.2 Å². The van der Waals surface area contributed by atoms with Crippen LogP contribution in [-0.2, 0) is 13.0 Å². The molecule has 6 nitrogen and oxygen atoms in total. The van der Waals surface area contributed by atoms with Crippen LogP contribution in [0, 0.1) is 0 Å². The molecule has 0 bridgehead atoms. The second-order valence-corrected chi connectivity index (χ2v) is 5.61. The number of thiophene rings is 1. The van der Waals surface area contributed by atoms with Crippen LogP contribution in [0.5, 0.6) is 0 Å². The number of hydrogen-bond donors (Lipinski definition) is 2. The fourth-order valence-corrected chi connectivity index (χ4v) is 2.96. The molecular weight excluding hydrogens is 284 g/mol. The number of nitrogens with zero attached hydrogens (tertiary/aromatic N) is 4. The topological polar surface area (TPSA) is 75.6 Å². The Morgan fingerprint density at radius 1 is 1.29 bits per heavy atom. The van der Waals surface area contributed by atoms with Gasteiger partial charge in [-0.3, -0.25) is 0 Å². The van der Waals surface area contributed by atoms with Crippen LogP contribution in [0.3, 0.4) is 0 Å². The van der Waals surface area contributed by atoms with Gasteiger partial charge in [0.25, 0.3) is 0 Å². The highest BCUT2D eigenvalue weighted by Gasteiger charge is 2.11. The lowest BCUT2D eigenvalue weighted by Gasteiger charge is -2.07. The van der Waals surface area contributed by atoms with Crippen LogP contribution in [0.15, 0.2) is 24.4 Å². The number of hydrogen-bond acceptors (Lipinski definition) is 7. The molecule has 0 fully saturated rings. The zero-order valence-corrected chi connectivity index (χ0v) is 12.7. The van der Waals surface area contributed by atoms with E-state index in [0.717, 1.165) is 28.1 Å². The van der Waals surface area contributed by atoms with Gasteiger partial charge in [0.05, 0.1) is 17.6 Å². The normalized spacial score (nSPS) is 10.8. The second-order valence-electron chi connectivity index (χ2n) is 4.50. The third-order valence-electron chi connectivity index (χ3n) is 3.08. The van der Waals surface area contributed by atoms with Crippen LogP contribution in [0.1, 0.15) is 17.5 Å². The van der Waals surface area contributed by atoms with Gasteiger partial charge in [-0.2, -0.15) is 15.2 Å². The van der Waals surface area contributed by atoms with Crippen LogP contribution in [0.4, 0.5) is 11.8 Å². The monoisotopic (exact) mass is 300 g/mol. The van der Waals surface area contributed by atoms with Crippen molar-refractivity contribution in [3.05, 3.63) is 35.0 Å². The maximum atomic E-state index is 4.51. The van der Waals surface area contributed by atoms with Gasteiger partial charge >= 0.3 is 0 Å². The number of aromatic nitrogens is 4. The summed E-state index contributed by atoms with van der Waals surface area (Å²) in [6, 6.07) is 5.96. The molecule has 21 heavy (non-hydrogen) atoms. The summed E-state index contributed by atoms with van der Waals surface area (Å²) in [4.78, 5) is 11.3. The summed E-state index contributed by atoms with van der Waals surface area (Å²) in [5, 5.41) is 15.3. The average molecular weight is 300 g/mol. The second kappa shape index (κ2) is 6.01. The standard InChI is InChI=1S/C14H16N6S/c1-3-10-7-11-12(16-8-9-5-4-6-17-20-9)18-14(15-2)19-13(11)21-10/h4-7H,3,8H2,1-2H3,(H2,15,16,18,19). The molecule has 0 aliphatic carbocycles. The predicted octanol–water partition coefficient (Wildman–Crippen LogP) is 2.70. The highest BCUT2D eigenvalue weighted by molar-refractivity contribution is 7.18. The fraction of sp³-hybridized carbons (Fsp3) is 0.286. The number of nitrogens with one attached hydrogen (secondary N) is 2. The quantitative estimate of drug-likeness (QED) is 0.754. The van der Waals surface area contributed by atoms with Gasteiger partial charge < -0.3 is 10.6 Å². The Labute approximate surface area is 126 Å². The smallest absolute Gasteiger partial charge is 0.225 e. The van der Waals surface area contributed by atoms with Gasteiger partial charge in [-0.05, 0) is 24.6 Å². The van der Waals surface area contributed by atoms with Gasteiger partial charge in [-0.25, -0.2) is 4.98 Å². The van der Waals surface area contributed by atoms with Crippen molar-refractivity contribution in [2.24, 2.45) is 0 Å². The minimum absolute atomic E-state index is 0.584. The molecule has 0 saturated carbocycles. The van der Waals surface area contributed by atoms with E-state index in [1.54, 1.807) is 17.5 Å².